The van der Waals surface area contributed by atoms with Gasteiger partial charge >= 0.3 is 0 Å². The van der Waals surface area contributed by atoms with Gasteiger partial charge in [0.1, 0.15) is 0 Å². The van der Waals surface area contributed by atoms with E-state index in [-0.39, 0.29) is 16.5 Å². The van der Waals surface area contributed by atoms with Gasteiger partial charge < -0.3 is 10.1 Å². The Morgan fingerprint density at radius 3 is 3.00 bits per heavy atom. The summed E-state index contributed by atoms with van der Waals surface area (Å²) in [5, 5.41) is 3.05. The molecule has 4 nitrogen and oxygen atoms in total. The lowest BCUT2D eigenvalue weighted by Crippen LogP contribution is -2.18. The predicted octanol–water partition coefficient (Wildman–Crippen LogP) is 2.50. The summed E-state index contributed by atoms with van der Waals surface area (Å²) in [6.45, 7) is 1.43. The molecule has 1 fully saturated rings. The number of rotatable bonds is 6. The van der Waals surface area contributed by atoms with Gasteiger partial charge in [0.25, 0.3) is 0 Å². The molecular weight excluding hydrogens is 245 g/mol. The normalized spacial score (nSPS) is 16.9. The van der Waals surface area contributed by atoms with Crippen molar-refractivity contribution >= 4 is 17.4 Å². The molecule has 0 spiro atoms. The molecule has 6 heteroatoms. The van der Waals surface area contributed by atoms with Crippen molar-refractivity contribution in [3.8, 4) is 0 Å². The summed E-state index contributed by atoms with van der Waals surface area (Å²) >= 11 is 5.62. The van der Waals surface area contributed by atoms with E-state index in [0.29, 0.717) is 6.54 Å². The highest BCUT2D eigenvalue weighted by Crippen LogP contribution is 2.48. The maximum atomic E-state index is 13.3. The molecule has 1 aromatic rings. The van der Waals surface area contributed by atoms with Gasteiger partial charge in [0.2, 0.25) is 5.28 Å². The van der Waals surface area contributed by atoms with Crippen molar-refractivity contribution in [2.24, 2.45) is 5.41 Å². The first kappa shape index (κ1) is 12.5. The van der Waals surface area contributed by atoms with Crippen molar-refractivity contribution in [1.29, 1.82) is 0 Å². The molecule has 1 aliphatic rings. The summed E-state index contributed by atoms with van der Waals surface area (Å²) in [6.07, 6.45) is 4.34. The molecule has 0 saturated heterocycles. The fraction of sp³-hybridized carbons (Fsp3) is 0.636. The smallest absolute Gasteiger partial charge is 0.224 e. The number of aromatic nitrogens is 2. The minimum absolute atomic E-state index is 0.0515. The van der Waals surface area contributed by atoms with Crippen LogP contribution in [-0.4, -0.2) is 30.2 Å². The number of anilines is 1. The molecule has 0 unspecified atom stereocenters. The molecule has 0 aromatic carbocycles. The van der Waals surface area contributed by atoms with Crippen LogP contribution in [0.5, 0.6) is 0 Å². The van der Waals surface area contributed by atoms with E-state index in [0.717, 1.165) is 32.1 Å². The van der Waals surface area contributed by atoms with Gasteiger partial charge in [0, 0.05) is 20.3 Å². The molecule has 94 valence electrons. The number of methoxy groups -OCH3 is 1. The van der Waals surface area contributed by atoms with E-state index in [1.54, 1.807) is 7.11 Å². The van der Waals surface area contributed by atoms with E-state index >= 15 is 0 Å². The van der Waals surface area contributed by atoms with E-state index in [1.165, 1.54) is 0 Å². The van der Waals surface area contributed by atoms with Crippen LogP contribution in [0.1, 0.15) is 19.3 Å². The molecule has 2 rings (SSSR count). The predicted molar refractivity (Wildman–Crippen MR) is 63.6 cm³/mol. The van der Waals surface area contributed by atoms with E-state index < -0.39 is 5.82 Å². The van der Waals surface area contributed by atoms with E-state index in [9.17, 15) is 4.39 Å². The average Bonchev–Trinajstić information content (AvgIpc) is 3.09. The van der Waals surface area contributed by atoms with Crippen LogP contribution < -0.4 is 5.32 Å². The zero-order valence-corrected chi connectivity index (χ0v) is 10.4. The summed E-state index contributed by atoms with van der Waals surface area (Å²) in [5.41, 5.74) is 0.236. The van der Waals surface area contributed by atoms with Crippen LogP contribution in [0.25, 0.3) is 0 Å². The number of nitrogens with one attached hydrogen (secondary N) is 1. The van der Waals surface area contributed by atoms with Crippen LogP contribution in [-0.2, 0) is 4.74 Å². The maximum absolute atomic E-state index is 13.3. The minimum atomic E-state index is -0.475. The van der Waals surface area contributed by atoms with Gasteiger partial charge in [-0.15, -0.1) is 0 Å². The van der Waals surface area contributed by atoms with Gasteiger partial charge in [0.05, 0.1) is 6.20 Å². The Balaban J connectivity index is 1.91. The zero-order valence-electron chi connectivity index (χ0n) is 9.67. The largest absolute Gasteiger partial charge is 0.385 e. The monoisotopic (exact) mass is 259 g/mol. The van der Waals surface area contributed by atoms with E-state index in [4.69, 9.17) is 16.3 Å². The number of halogens is 2. The van der Waals surface area contributed by atoms with Crippen molar-refractivity contribution in [3.63, 3.8) is 0 Å². The van der Waals surface area contributed by atoms with Crippen molar-refractivity contribution in [2.45, 2.75) is 19.3 Å². The Labute approximate surface area is 105 Å². The van der Waals surface area contributed by atoms with Gasteiger partial charge in [-0.3, -0.25) is 0 Å². The fourth-order valence-electron chi connectivity index (χ4n) is 1.75. The lowest BCUT2D eigenvalue weighted by molar-refractivity contribution is 0.175. The first-order valence-electron chi connectivity index (χ1n) is 5.56. The van der Waals surface area contributed by atoms with E-state index in [1.807, 2.05) is 0 Å². The summed E-state index contributed by atoms with van der Waals surface area (Å²) in [4.78, 5) is 7.39. The van der Waals surface area contributed by atoms with Crippen LogP contribution >= 0.6 is 11.6 Å². The highest BCUT2D eigenvalue weighted by Gasteiger charge is 2.41. The zero-order chi connectivity index (χ0) is 12.3. The van der Waals surface area contributed by atoms with Gasteiger partial charge in [-0.1, -0.05) is 0 Å². The molecule has 0 amide bonds. The van der Waals surface area contributed by atoms with Crippen LogP contribution in [0, 0.1) is 11.2 Å². The highest BCUT2D eigenvalue weighted by molar-refractivity contribution is 6.28. The molecule has 17 heavy (non-hydrogen) atoms. The molecule has 1 N–H and O–H groups in total. The Bertz CT molecular complexity index is 398. The van der Waals surface area contributed by atoms with E-state index in [2.05, 4.69) is 15.3 Å². The summed E-state index contributed by atoms with van der Waals surface area (Å²) in [6, 6.07) is 0. The van der Waals surface area contributed by atoms with Gasteiger partial charge in [-0.2, -0.15) is 4.98 Å². The Morgan fingerprint density at radius 2 is 2.35 bits per heavy atom. The second-order valence-electron chi connectivity index (χ2n) is 4.43. The molecule has 0 aliphatic heterocycles. The Hall–Kier alpha value is -0.940. The quantitative estimate of drug-likeness (QED) is 0.798. The summed E-state index contributed by atoms with van der Waals surface area (Å²) < 4.78 is 18.4. The highest BCUT2D eigenvalue weighted by atomic mass is 35.5. The second-order valence-corrected chi connectivity index (χ2v) is 4.77. The first-order chi connectivity index (χ1) is 8.15. The Kier molecular flexibility index (Phi) is 3.79. The molecule has 1 saturated carbocycles. The number of hydrogen-bond acceptors (Lipinski definition) is 4. The maximum Gasteiger partial charge on any atom is 0.224 e. The van der Waals surface area contributed by atoms with Crippen molar-refractivity contribution in [2.75, 3.05) is 25.6 Å². The van der Waals surface area contributed by atoms with Crippen LogP contribution in [0.15, 0.2) is 6.20 Å². The Morgan fingerprint density at radius 1 is 1.59 bits per heavy atom. The average molecular weight is 260 g/mol. The molecule has 1 aromatic heterocycles. The standard InChI is InChI=1S/C11H15ClFN3O/c1-17-5-4-11(2-3-11)7-15-9-8(13)6-14-10(12)16-9/h6H,2-5,7H2,1H3,(H,14,15,16). The molecular formula is C11H15ClFN3O. The van der Waals surface area contributed by atoms with Crippen LogP contribution in [0.4, 0.5) is 10.2 Å². The third kappa shape index (κ3) is 3.26. The number of ether oxygens (including phenoxy) is 1. The van der Waals surface area contributed by atoms with Crippen molar-refractivity contribution < 1.29 is 9.13 Å². The first-order valence-corrected chi connectivity index (χ1v) is 5.94. The summed E-state index contributed by atoms with van der Waals surface area (Å²) in [7, 11) is 1.69. The topological polar surface area (TPSA) is 47.0 Å². The molecule has 1 heterocycles. The number of nitrogens with zero attached hydrogens (tertiary/aromatic N) is 2. The number of hydrogen-bond donors (Lipinski definition) is 1. The molecule has 0 bridgehead atoms. The van der Waals surface area contributed by atoms with Crippen LogP contribution in [0.2, 0.25) is 5.28 Å². The molecule has 0 radical (unpaired) electrons. The third-order valence-corrected chi connectivity index (χ3v) is 3.32. The lowest BCUT2D eigenvalue weighted by Gasteiger charge is -2.16. The van der Waals surface area contributed by atoms with Crippen LogP contribution in [0.3, 0.4) is 0 Å². The third-order valence-electron chi connectivity index (χ3n) is 3.14. The van der Waals surface area contributed by atoms with Gasteiger partial charge in [-0.05, 0) is 36.3 Å². The van der Waals surface area contributed by atoms with Gasteiger partial charge in [-0.25, -0.2) is 9.37 Å². The summed E-state index contributed by atoms with van der Waals surface area (Å²) in [5.74, 6) is -0.300. The van der Waals surface area contributed by atoms with Crippen molar-refractivity contribution in [1.82, 2.24) is 9.97 Å². The molecule has 1 aliphatic carbocycles. The molecule has 0 atom stereocenters. The minimum Gasteiger partial charge on any atom is -0.385 e. The fourth-order valence-corrected chi connectivity index (χ4v) is 1.88. The lowest BCUT2D eigenvalue weighted by atomic mass is 10.0. The van der Waals surface area contributed by atoms with Crippen molar-refractivity contribution in [3.05, 3.63) is 17.3 Å². The SMILES string of the molecule is COCCC1(CNc2nc(Cl)ncc2F)CC1. The second kappa shape index (κ2) is 5.14. The van der Waals surface area contributed by atoms with Gasteiger partial charge in [0.15, 0.2) is 11.6 Å².